The summed E-state index contributed by atoms with van der Waals surface area (Å²) in [5.74, 6) is 4.38. The van der Waals surface area contributed by atoms with Gasteiger partial charge in [0.25, 0.3) is 0 Å². The molecule has 2 rings (SSSR count). The van der Waals surface area contributed by atoms with E-state index in [1.165, 1.54) is 12.8 Å². The van der Waals surface area contributed by atoms with Crippen molar-refractivity contribution in [1.29, 1.82) is 0 Å². The number of hydrogen-bond donors (Lipinski definition) is 2. The summed E-state index contributed by atoms with van der Waals surface area (Å²) in [6.45, 7) is 3.74. The Morgan fingerprint density at radius 1 is 1.60 bits per heavy atom. The van der Waals surface area contributed by atoms with Crippen LogP contribution in [-0.4, -0.2) is 29.6 Å². The van der Waals surface area contributed by atoms with E-state index >= 15 is 0 Å². The minimum Gasteiger partial charge on any atom is -0.306 e. The molecule has 0 radical (unpaired) electrons. The third-order valence-electron chi connectivity index (χ3n) is 3.30. The lowest BCUT2D eigenvalue weighted by Gasteiger charge is -2.17. The first-order chi connectivity index (χ1) is 7.14. The van der Waals surface area contributed by atoms with Crippen LogP contribution in [0.15, 0.2) is 12.7 Å². The molecule has 0 aliphatic heterocycles. The van der Waals surface area contributed by atoms with E-state index in [9.17, 15) is 4.79 Å². The van der Waals surface area contributed by atoms with Gasteiger partial charge in [0.15, 0.2) is 0 Å². The van der Waals surface area contributed by atoms with Gasteiger partial charge in [-0.25, -0.2) is 0 Å². The summed E-state index contributed by atoms with van der Waals surface area (Å²) >= 11 is 0. The highest BCUT2D eigenvalue weighted by atomic mass is 32.2. The van der Waals surface area contributed by atoms with Crippen LogP contribution in [0.2, 0.25) is 0 Å². The van der Waals surface area contributed by atoms with Crippen LogP contribution in [0.4, 0.5) is 0 Å². The monoisotopic (exact) mass is 226 g/mol. The molecule has 0 aromatic carbocycles. The highest BCUT2D eigenvalue weighted by molar-refractivity contribution is 8.13. The van der Waals surface area contributed by atoms with E-state index in [2.05, 4.69) is 22.5 Å². The van der Waals surface area contributed by atoms with Gasteiger partial charge in [0, 0.05) is 11.2 Å². The summed E-state index contributed by atoms with van der Waals surface area (Å²) in [6.07, 6.45) is 5.14. The lowest BCUT2D eigenvalue weighted by Crippen LogP contribution is -2.44. The van der Waals surface area contributed by atoms with Crippen molar-refractivity contribution < 1.29 is 4.79 Å². The van der Waals surface area contributed by atoms with Crippen molar-refractivity contribution in [2.75, 3.05) is 7.05 Å². The summed E-state index contributed by atoms with van der Waals surface area (Å²) in [6, 6.07) is 0. The van der Waals surface area contributed by atoms with Crippen LogP contribution in [-0.2, 0) is 4.79 Å². The number of likely N-dealkylation sites (N-methyl/N-ethyl adjacent to an activating group) is 1. The summed E-state index contributed by atoms with van der Waals surface area (Å²) < 4.78 is 3.03. The normalized spacial score (nSPS) is 35.7. The van der Waals surface area contributed by atoms with Crippen LogP contribution in [0.3, 0.4) is 0 Å². The molecule has 0 saturated heterocycles. The van der Waals surface area contributed by atoms with Gasteiger partial charge in [-0.05, 0) is 26.3 Å². The molecule has 3 nitrogen and oxygen atoms in total. The lowest BCUT2D eigenvalue weighted by atomic mass is 10.2. The van der Waals surface area contributed by atoms with Crippen LogP contribution in [0, 0.1) is 5.92 Å². The van der Waals surface area contributed by atoms with Gasteiger partial charge in [0.05, 0.1) is 0 Å². The van der Waals surface area contributed by atoms with Crippen LogP contribution in [0.5, 0.6) is 0 Å². The molecule has 0 heterocycles. The van der Waals surface area contributed by atoms with E-state index in [1.54, 1.807) is 0 Å². The van der Waals surface area contributed by atoms with Crippen LogP contribution < -0.4 is 10.0 Å². The first-order valence-corrected chi connectivity index (χ1v) is 6.75. The van der Waals surface area contributed by atoms with Gasteiger partial charge < -0.3 is 10.0 Å². The second-order valence-electron chi connectivity index (χ2n) is 4.33. The minimum absolute atomic E-state index is 0.0973. The molecule has 3 unspecified atom stereocenters. The largest absolute Gasteiger partial charge is 0.306 e. The fourth-order valence-corrected chi connectivity index (χ4v) is 3.17. The van der Waals surface area contributed by atoms with E-state index < -0.39 is 0 Å². The summed E-state index contributed by atoms with van der Waals surface area (Å²) in [7, 11) is 1.65. The number of rotatable bonds is 5. The zero-order chi connectivity index (χ0) is 11.1. The lowest BCUT2D eigenvalue weighted by molar-refractivity contribution is -0.122. The first-order valence-electron chi connectivity index (χ1n) is 5.29. The SMILES string of the molecule is C=CC1CC1(NC)C(=O)NS(=C)C1CC1. The van der Waals surface area contributed by atoms with Gasteiger partial charge in [0.1, 0.15) is 5.54 Å². The minimum atomic E-state index is -0.389. The topological polar surface area (TPSA) is 41.1 Å². The fraction of sp³-hybridized carbons (Fsp3) is 0.636. The molecule has 2 aliphatic rings. The van der Waals surface area contributed by atoms with Gasteiger partial charge in [-0.1, -0.05) is 22.6 Å². The maximum absolute atomic E-state index is 12.0. The smallest absolute Gasteiger partial charge is 0.250 e. The highest BCUT2D eigenvalue weighted by Gasteiger charge is 2.57. The average Bonchev–Trinajstić information content (AvgIpc) is 3.11. The summed E-state index contributed by atoms with van der Waals surface area (Å²) in [5, 5.41) is 3.74. The van der Waals surface area contributed by atoms with Crippen molar-refractivity contribution in [2.45, 2.75) is 30.1 Å². The van der Waals surface area contributed by atoms with Gasteiger partial charge >= 0.3 is 0 Å². The zero-order valence-corrected chi connectivity index (χ0v) is 9.90. The summed E-state index contributed by atoms with van der Waals surface area (Å²) in [5.41, 5.74) is -0.389. The van der Waals surface area contributed by atoms with E-state index in [-0.39, 0.29) is 28.0 Å². The Balaban J connectivity index is 1.95. The van der Waals surface area contributed by atoms with E-state index in [1.807, 2.05) is 13.1 Å². The van der Waals surface area contributed by atoms with Crippen LogP contribution in [0.25, 0.3) is 0 Å². The molecule has 0 aromatic rings. The van der Waals surface area contributed by atoms with Gasteiger partial charge in [-0.15, -0.1) is 6.58 Å². The van der Waals surface area contributed by atoms with Gasteiger partial charge in [-0.3, -0.25) is 4.79 Å². The predicted octanol–water partition coefficient (Wildman–Crippen LogP) is 1.04. The Morgan fingerprint density at radius 3 is 2.67 bits per heavy atom. The Hall–Kier alpha value is -0.610. The van der Waals surface area contributed by atoms with Gasteiger partial charge in [0.2, 0.25) is 5.91 Å². The standard InChI is InChI=1S/C11H18N2OS/c1-4-8-7-11(8,12-2)10(14)13-15(3)9-5-6-9/h4,8-9,12H,1,3,5-7H2,2H3,(H,13,14). The fourth-order valence-electron chi connectivity index (χ4n) is 1.88. The molecule has 84 valence electrons. The van der Waals surface area contributed by atoms with Crippen molar-refractivity contribution >= 4 is 22.4 Å². The Labute approximate surface area is 93.4 Å². The Bertz CT molecular complexity index is 325. The third-order valence-corrected chi connectivity index (χ3v) is 5.02. The molecular formula is C11H18N2OS. The number of carbonyl (C=O) groups excluding carboxylic acids is 1. The van der Waals surface area contributed by atoms with E-state index in [0.29, 0.717) is 5.25 Å². The van der Waals surface area contributed by atoms with E-state index in [0.717, 1.165) is 6.42 Å². The van der Waals surface area contributed by atoms with Crippen molar-refractivity contribution in [2.24, 2.45) is 5.92 Å². The average molecular weight is 226 g/mol. The van der Waals surface area contributed by atoms with Crippen molar-refractivity contribution in [3.63, 3.8) is 0 Å². The Morgan fingerprint density at radius 2 is 2.27 bits per heavy atom. The zero-order valence-electron chi connectivity index (χ0n) is 9.08. The second-order valence-corrected chi connectivity index (χ2v) is 6.06. The van der Waals surface area contributed by atoms with Crippen molar-refractivity contribution in [1.82, 2.24) is 10.0 Å². The molecule has 4 heteroatoms. The predicted molar refractivity (Wildman–Crippen MR) is 66.0 cm³/mol. The van der Waals surface area contributed by atoms with Gasteiger partial charge in [-0.2, -0.15) is 0 Å². The molecule has 2 aliphatic carbocycles. The van der Waals surface area contributed by atoms with Crippen LogP contribution >= 0.6 is 10.7 Å². The maximum atomic E-state index is 12.0. The number of nitrogens with one attached hydrogen (secondary N) is 2. The van der Waals surface area contributed by atoms with Crippen LogP contribution in [0.1, 0.15) is 19.3 Å². The number of carbonyl (C=O) groups is 1. The molecule has 0 bridgehead atoms. The van der Waals surface area contributed by atoms with Crippen molar-refractivity contribution in [3.8, 4) is 0 Å². The molecule has 15 heavy (non-hydrogen) atoms. The molecular weight excluding hydrogens is 208 g/mol. The molecule has 2 saturated carbocycles. The summed E-state index contributed by atoms with van der Waals surface area (Å²) in [4.78, 5) is 12.0. The van der Waals surface area contributed by atoms with Crippen molar-refractivity contribution in [3.05, 3.63) is 12.7 Å². The van der Waals surface area contributed by atoms with E-state index in [4.69, 9.17) is 0 Å². The highest BCUT2D eigenvalue weighted by Crippen LogP contribution is 2.45. The quantitative estimate of drug-likeness (QED) is 0.543. The number of hydrogen-bond acceptors (Lipinski definition) is 2. The molecule has 1 amide bonds. The first kappa shape index (κ1) is 10.9. The molecule has 0 aromatic heterocycles. The molecule has 2 N–H and O–H groups in total. The Kier molecular flexibility index (Phi) is 2.73. The molecule has 2 fully saturated rings. The number of amides is 1. The molecule has 3 atom stereocenters. The third kappa shape index (κ3) is 1.88. The molecule has 0 spiro atoms. The maximum Gasteiger partial charge on any atom is 0.250 e. The second kappa shape index (κ2) is 3.76.